The molecule has 0 saturated carbocycles. The highest BCUT2D eigenvalue weighted by Crippen LogP contribution is 2.37. The summed E-state index contributed by atoms with van der Waals surface area (Å²) in [5.41, 5.74) is 7.79. The van der Waals surface area contributed by atoms with Crippen LogP contribution in [0, 0.1) is 0 Å². The number of hydrogen-bond acceptors (Lipinski definition) is 9. The van der Waals surface area contributed by atoms with Crippen LogP contribution in [0.25, 0.3) is 0 Å². The molecule has 2 aliphatic rings. The Morgan fingerprint density at radius 3 is 2.64 bits per heavy atom. The fourth-order valence-electron chi connectivity index (χ4n) is 4.68. The van der Waals surface area contributed by atoms with Crippen molar-refractivity contribution in [2.45, 2.75) is 51.0 Å². The normalized spacial score (nSPS) is 20.7. The highest BCUT2D eigenvalue weighted by molar-refractivity contribution is 7.85. The van der Waals surface area contributed by atoms with Gasteiger partial charge in [-0.1, -0.05) is 29.8 Å². The average molecular weight is 580 g/mol. The van der Waals surface area contributed by atoms with Gasteiger partial charge in [0, 0.05) is 30.8 Å². The van der Waals surface area contributed by atoms with Crippen LogP contribution in [0.15, 0.2) is 53.9 Å². The smallest absolute Gasteiger partial charge is 0.336 e. The quantitative estimate of drug-likeness (QED) is 0.185. The topological polar surface area (TPSA) is 158 Å². The van der Waals surface area contributed by atoms with Crippen LogP contribution in [0.3, 0.4) is 0 Å². The van der Waals surface area contributed by atoms with Gasteiger partial charge in [0.1, 0.15) is 23.3 Å². The van der Waals surface area contributed by atoms with Crippen LogP contribution in [0.4, 0.5) is 0 Å². The maximum Gasteiger partial charge on any atom is 0.336 e. The summed E-state index contributed by atoms with van der Waals surface area (Å²) in [6.45, 7) is 2.70. The van der Waals surface area contributed by atoms with Crippen molar-refractivity contribution in [2.24, 2.45) is 5.73 Å². The third-order valence-electron chi connectivity index (χ3n) is 6.56. The van der Waals surface area contributed by atoms with E-state index in [9.17, 15) is 18.0 Å². The molecule has 0 radical (unpaired) electrons. The Morgan fingerprint density at radius 1 is 1.28 bits per heavy atom. The SMILES string of the molecule is CC1=C(C(=O)OCc2ccc(OC(N)CS(=O)(=O)O)cc2)[C@@H](c2ccc(Cl)nc2)CC(=O)N1C[C@H]1CCCO1. The molecular formula is C26H30ClN3O8S. The Kier molecular flexibility index (Phi) is 9.23. The Balaban J connectivity index is 1.50. The Bertz CT molecular complexity index is 1330. The molecule has 0 spiro atoms. The number of carbonyl (C=O) groups excluding carboxylic acids is 2. The molecule has 11 nitrogen and oxygen atoms in total. The van der Waals surface area contributed by atoms with Gasteiger partial charge in [0.25, 0.3) is 10.1 Å². The van der Waals surface area contributed by atoms with E-state index in [0.717, 1.165) is 12.8 Å². The maximum atomic E-state index is 13.4. The molecule has 2 aliphatic heterocycles. The van der Waals surface area contributed by atoms with Crippen LogP contribution >= 0.6 is 11.6 Å². The first kappa shape index (κ1) is 29.0. The van der Waals surface area contributed by atoms with E-state index in [2.05, 4.69) is 4.98 Å². The predicted octanol–water partition coefficient (Wildman–Crippen LogP) is 2.80. The zero-order valence-corrected chi connectivity index (χ0v) is 22.9. The van der Waals surface area contributed by atoms with Gasteiger partial charge in [0.15, 0.2) is 6.23 Å². The largest absolute Gasteiger partial charge is 0.474 e. The molecule has 4 rings (SSSR count). The first-order valence-corrected chi connectivity index (χ1v) is 14.4. The number of amides is 1. The summed E-state index contributed by atoms with van der Waals surface area (Å²) >= 11 is 5.95. The van der Waals surface area contributed by atoms with Gasteiger partial charge in [-0.3, -0.25) is 15.1 Å². The first-order valence-electron chi connectivity index (χ1n) is 12.4. The molecule has 1 fully saturated rings. The van der Waals surface area contributed by atoms with Gasteiger partial charge in [-0.25, -0.2) is 9.78 Å². The second-order valence-electron chi connectivity index (χ2n) is 9.43. The summed E-state index contributed by atoms with van der Waals surface area (Å²) in [6, 6.07) is 9.72. The molecule has 0 bridgehead atoms. The van der Waals surface area contributed by atoms with E-state index in [0.29, 0.717) is 40.7 Å². The third kappa shape index (κ3) is 7.76. The molecule has 3 N–H and O–H groups in total. The number of carbonyl (C=O) groups is 2. The molecule has 1 saturated heterocycles. The van der Waals surface area contributed by atoms with Crippen LogP contribution in [0.5, 0.6) is 5.75 Å². The second-order valence-corrected chi connectivity index (χ2v) is 11.3. The number of nitrogens with zero attached hydrogens (tertiary/aromatic N) is 2. The van der Waals surface area contributed by atoms with E-state index in [1.165, 1.54) is 0 Å². The Hall–Kier alpha value is -3.03. The number of pyridine rings is 1. The van der Waals surface area contributed by atoms with Crippen LogP contribution < -0.4 is 10.5 Å². The fourth-order valence-corrected chi connectivity index (χ4v) is 5.27. The molecule has 3 heterocycles. The number of ether oxygens (including phenoxy) is 3. The molecular weight excluding hydrogens is 550 g/mol. The summed E-state index contributed by atoms with van der Waals surface area (Å²) in [5.74, 6) is -1.69. The van der Waals surface area contributed by atoms with Crippen molar-refractivity contribution in [1.82, 2.24) is 9.88 Å². The first-order chi connectivity index (χ1) is 18.5. The van der Waals surface area contributed by atoms with Crippen LogP contribution in [0.2, 0.25) is 5.15 Å². The molecule has 1 aromatic carbocycles. The number of hydrogen-bond donors (Lipinski definition) is 2. The Labute approximate surface area is 231 Å². The van der Waals surface area contributed by atoms with Crippen LogP contribution in [-0.4, -0.2) is 66.0 Å². The second kappa shape index (κ2) is 12.4. The molecule has 39 heavy (non-hydrogen) atoms. The van der Waals surface area contributed by atoms with Gasteiger partial charge < -0.3 is 19.1 Å². The number of halogens is 1. The summed E-state index contributed by atoms with van der Waals surface area (Å²) < 4.78 is 47.5. The number of allylic oxidation sites excluding steroid dienone is 1. The van der Waals surface area contributed by atoms with Crippen molar-refractivity contribution >= 4 is 33.6 Å². The van der Waals surface area contributed by atoms with Crippen molar-refractivity contribution < 1.29 is 36.8 Å². The highest BCUT2D eigenvalue weighted by atomic mass is 35.5. The van der Waals surface area contributed by atoms with Gasteiger partial charge >= 0.3 is 5.97 Å². The predicted molar refractivity (Wildman–Crippen MR) is 141 cm³/mol. The number of nitrogens with two attached hydrogens (primary N) is 1. The maximum absolute atomic E-state index is 13.4. The summed E-state index contributed by atoms with van der Waals surface area (Å²) in [4.78, 5) is 32.3. The summed E-state index contributed by atoms with van der Waals surface area (Å²) in [7, 11) is -4.28. The van der Waals surface area contributed by atoms with E-state index in [1.54, 1.807) is 54.4 Å². The van der Waals surface area contributed by atoms with E-state index in [1.807, 2.05) is 0 Å². The Morgan fingerprint density at radius 2 is 2.03 bits per heavy atom. The fraction of sp³-hybridized carbons (Fsp3) is 0.423. The van der Waals surface area contributed by atoms with Crippen LogP contribution in [-0.2, 0) is 35.8 Å². The van der Waals surface area contributed by atoms with Crippen molar-refractivity contribution in [1.29, 1.82) is 0 Å². The summed E-state index contributed by atoms with van der Waals surface area (Å²) in [6.07, 6.45) is 2.09. The minimum atomic E-state index is -4.28. The lowest BCUT2D eigenvalue weighted by Gasteiger charge is -2.35. The van der Waals surface area contributed by atoms with E-state index in [-0.39, 0.29) is 30.8 Å². The van der Waals surface area contributed by atoms with E-state index in [4.69, 9.17) is 36.1 Å². The molecule has 0 aliphatic carbocycles. The van der Waals surface area contributed by atoms with Gasteiger partial charge in [-0.15, -0.1) is 0 Å². The summed E-state index contributed by atoms with van der Waals surface area (Å²) in [5, 5.41) is 0.303. The standard InChI is InChI=1S/C26H30ClN3O8S/c1-16-25(26(32)37-14-17-4-7-19(8-5-17)38-23(28)15-39(33,34)35)21(18-6-9-22(27)29-12-18)11-24(31)30(16)13-20-3-2-10-36-20/h4-9,12,20-21,23H,2-3,10-11,13-15,28H2,1H3,(H,33,34,35)/t20-,21-,23?/m1/s1. The molecule has 13 heteroatoms. The number of benzene rings is 1. The van der Waals surface area contributed by atoms with Gasteiger partial charge in [-0.05, 0) is 49.1 Å². The third-order valence-corrected chi connectivity index (χ3v) is 7.53. The van der Waals surface area contributed by atoms with Crippen molar-refractivity contribution in [3.63, 3.8) is 0 Å². The van der Waals surface area contributed by atoms with E-state index >= 15 is 0 Å². The van der Waals surface area contributed by atoms with Crippen molar-refractivity contribution in [2.75, 3.05) is 18.9 Å². The monoisotopic (exact) mass is 579 g/mol. The number of rotatable bonds is 10. The zero-order valence-electron chi connectivity index (χ0n) is 21.3. The molecule has 1 unspecified atom stereocenters. The minimum absolute atomic E-state index is 0.0573. The minimum Gasteiger partial charge on any atom is -0.474 e. The molecule has 210 valence electrons. The van der Waals surface area contributed by atoms with Gasteiger partial charge in [-0.2, -0.15) is 8.42 Å². The lowest BCUT2D eigenvalue weighted by atomic mass is 9.84. The van der Waals surface area contributed by atoms with Crippen molar-refractivity contribution in [3.05, 3.63) is 70.1 Å². The number of esters is 1. The molecule has 3 atom stereocenters. The molecule has 1 amide bonds. The van der Waals surface area contributed by atoms with Crippen molar-refractivity contribution in [3.8, 4) is 5.75 Å². The average Bonchev–Trinajstić information content (AvgIpc) is 3.38. The van der Waals surface area contributed by atoms with Crippen LogP contribution in [0.1, 0.15) is 43.2 Å². The zero-order chi connectivity index (χ0) is 28.2. The highest BCUT2D eigenvalue weighted by Gasteiger charge is 2.38. The lowest BCUT2D eigenvalue weighted by Crippen LogP contribution is -2.42. The lowest BCUT2D eigenvalue weighted by molar-refractivity contribution is -0.141. The van der Waals surface area contributed by atoms with Gasteiger partial charge in [0.05, 0.1) is 18.2 Å². The number of aromatic nitrogens is 1. The van der Waals surface area contributed by atoms with E-state index < -0.39 is 34.0 Å². The molecule has 1 aromatic heterocycles. The molecule has 2 aromatic rings. The van der Waals surface area contributed by atoms with Gasteiger partial charge in [0.2, 0.25) is 5.91 Å².